The van der Waals surface area contributed by atoms with Crippen LogP contribution in [-0.4, -0.2) is 50.0 Å². The Hall–Kier alpha value is -4.65. The molecule has 2 aliphatic rings. The van der Waals surface area contributed by atoms with Gasteiger partial charge in [-0.05, 0) is 86.9 Å². The van der Waals surface area contributed by atoms with E-state index in [-0.39, 0.29) is 29.4 Å². The van der Waals surface area contributed by atoms with Crippen molar-refractivity contribution in [3.63, 3.8) is 0 Å². The highest BCUT2D eigenvalue weighted by molar-refractivity contribution is 8.15. The van der Waals surface area contributed by atoms with Gasteiger partial charge in [-0.2, -0.15) is 4.99 Å². The number of aliphatic imine (C=N–C) groups is 1. The van der Waals surface area contributed by atoms with E-state index in [2.05, 4.69) is 25.1 Å². The van der Waals surface area contributed by atoms with E-state index in [1.807, 2.05) is 57.2 Å². The second-order valence-electron chi connectivity index (χ2n) is 11.5. The number of nitrogens with zero attached hydrogens (tertiary/aromatic N) is 5. The highest BCUT2D eigenvalue weighted by Gasteiger charge is 2.34. The third kappa shape index (κ3) is 6.94. The van der Waals surface area contributed by atoms with E-state index < -0.39 is 12.4 Å². The number of aromatic nitrogens is 3. The van der Waals surface area contributed by atoms with Crippen LogP contribution in [0, 0.1) is 20.8 Å². The number of amides is 3. The normalized spacial score (nSPS) is 19.2. The van der Waals surface area contributed by atoms with Gasteiger partial charge in [-0.3, -0.25) is 9.69 Å². The van der Waals surface area contributed by atoms with Crippen LogP contribution in [0.4, 0.5) is 23.7 Å². The van der Waals surface area contributed by atoms with Crippen LogP contribution in [0.3, 0.4) is 0 Å². The second-order valence-corrected chi connectivity index (χ2v) is 12.4. The number of anilines is 1. The molecule has 2 heterocycles. The van der Waals surface area contributed by atoms with Gasteiger partial charge in [0.2, 0.25) is 5.91 Å². The lowest BCUT2D eigenvalue weighted by molar-refractivity contribution is -0.274. The minimum Gasteiger partial charge on any atom is -0.406 e. The Morgan fingerprint density at radius 3 is 2.39 bits per heavy atom. The van der Waals surface area contributed by atoms with Gasteiger partial charge in [0.05, 0.1) is 17.1 Å². The lowest BCUT2D eigenvalue weighted by Gasteiger charge is -2.21. The molecule has 1 saturated carbocycles. The summed E-state index contributed by atoms with van der Waals surface area (Å²) in [5, 5.41) is 7.90. The lowest BCUT2D eigenvalue weighted by Crippen LogP contribution is -2.35. The molecule has 1 aliphatic heterocycles. The zero-order valence-electron chi connectivity index (χ0n) is 25.3. The van der Waals surface area contributed by atoms with E-state index in [0.717, 1.165) is 52.8 Å². The molecule has 3 aromatic carbocycles. The number of carbonyl (C=O) groups excluding carboxylic acids is 2. The van der Waals surface area contributed by atoms with Crippen molar-refractivity contribution in [1.29, 1.82) is 0 Å². The van der Waals surface area contributed by atoms with E-state index in [4.69, 9.17) is 0 Å². The summed E-state index contributed by atoms with van der Waals surface area (Å²) in [6.07, 6.45) is -0.769. The fourth-order valence-electron chi connectivity index (χ4n) is 6.12. The van der Waals surface area contributed by atoms with Gasteiger partial charge in [-0.1, -0.05) is 53.7 Å². The van der Waals surface area contributed by atoms with Crippen molar-refractivity contribution >= 4 is 34.6 Å². The van der Waals surface area contributed by atoms with Crippen LogP contribution >= 0.6 is 11.8 Å². The first kappa shape index (κ1) is 31.3. The average molecular weight is 649 g/mol. The molecule has 13 heteroatoms. The monoisotopic (exact) mass is 648 g/mol. The molecular formula is C33H31F3N6O3S. The molecule has 3 amide bonds. The first-order chi connectivity index (χ1) is 21.9. The lowest BCUT2D eigenvalue weighted by atomic mass is 9.96. The largest absolute Gasteiger partial charge is 0.573 e. The standard InChI is InChI=1S/C33H31F3N6O3S/c1-19-14-20(2)29(21(3)15-19)42-28(43)17-46-32(42)39-31(44)38-25-9-8-24(16-25)22-4-6-23(7-5-22)30-37-18-41(40-30)26-10-12-27(13-11-26)45-33(34,35)36/h4-7,10-15,18,24-25H,8-9,16-17H2,1-3H3,(H,38,44)/b39-32-. The summed E-state index contributed by atoms with van der Waals surface area (Å²) in [4.78, 5) is 36.0. The van der Waals surface area contributed by atoms with Gasteiger partial charge < -0.3 is 10.1 Å². The number of hydrogen-bond donors (Lipinski definition) is 1. The predicted octanol–water partition coefficient (Wildman–Crippen LogP) is 7.24. The molecule has 238 valence electrons. The molecule has 2 fully saturated rings. The first-order valence-electron chi connectivity index (χ1n) is 14.7. The molecule has 6 rings (SSSR count). The molecule has 2 atom stereocenters. The van der Waals surface area contributed by atoms with Gasteiger partial charge in [-0.15, -0.1) is 18.3 Å². The van der Waals surface area contributed by atoms with Crippen LogP contribution in [0.5, 0.6) is 5.75 Å². The molecule has 2 unspecified atom stereocenters. The van der Waals surface area contributed by atoms with Crippen LogP contribution in [-0.2, 0) is 4.79 Å². The number of nitrogens with one attached hydrogen (secondary N) is 1. The molecule has 46 heavy (non-hydrogen) atoms. The maximum atomic E-state index is 13.0. The summed E-state index contributed by atoms with van der Waals surface area (Å²) in [5.41, 5.74) is 6.29. The van der Waals surface area contributed by atoms with Gasteiger partial charge in [0.15, 0.2) is 11.0 Å². The third-order valence-electron chi connectivity index (χ3n) is 8.05. The van der Waals surface area contributed by atoms with Crippen molar-refractivity contribution < 1.29 is 27.5 Å². The van der Waals surface area contributed by atoms with Gasteiger partial charge >= 0.3 is 12.4 Å². The first-order valence-corrected chi connectivity index (χ1v) is 15.7. The summed E-state index contributed by atoms with van der Waals surface area (Å²) in [6, 6.07) is 16.9. The number of amidine groups is 1. The summed E-state index contributed by atoms with van der Waals surface area (Å²) < 4.78 is 42.7. The van der Waals surface area contributed by atoms with Crippen molar-refractivity contribution in [3.8, 4) is 22.8 Å². The van der Waals surface area contributed by atoms with E-state index in [1.54, 1.807) is 4.90 Å². The molecule has 1 aromatic heterocycles. The SMILES string of the molecule is Cc1cc(C)c(N2C(=O)CS/C2=N\C(=O)NC2CCC(c3ccc(-c4ncn(-c5ccc(OC(F)(F)F)cc5)n4)cc3)C2)c(C)c1. The van der Waals surface area contributed by atoms with Gasteiger partial charge in [0.1, 0.15) is 12.1 Å². The maximum absolute atomic E-state index is 13.0. The minimum absolute atomic E-state index is 0.0368. The van der Waals surface area contributed by atoms with Crippen molar-refractivity contribution in [2.75, 3.05) is 10.7 Å². The number of ether oxygens (including phenoxy) is 1. The Morgan fingerprint density at radius 2 is 1.72 bits per heavy atom. The van der Waals surface area contributed by atoms with Gasteiger partial charge in [0.25, 0.3) is 0 Å². The number of halogens is 3. The Labute approximate surface area is 267 Å². The fraction of sp³-hybridized carbons (Fsp3) is 0.303. The van der Waals surface area contributed by atoms with Crippen molar-refractivity contribution in [3.05, 3.63) is 89.2 Å². The number of rotatable bonds is 6. The molecular weight excluding hydrogens is 617 g/mol. The highest BCUT2D eigenvalue weighted by atomic mass is 32.2. The predicted molar refractivity (Wildman–Crippen MR) is 170 cm³/mol. The molecule has 9 nitrogen and oxygen atoms in total. The number of carbonyl (C=O) groups is 2. The minimum atomic E-state index is -4.75. The zero-order chi connectivity index (χ0) is 32.6. The highest BCUT2D eigenvalue weighted by Crippen LogP contribution is 2.36. The number of aryl methyl sites for hydroxylation is 3. The Bertz CT molecular complexity index is 1780. The quantitative estimate of drug-likeness (QED) is 0.237. The number of benzene rings is 3. The summed E-state index contributed by atoms with van der Waals surface area (Å²) in [6.45, 7) is 5.93. The van der Waals surface area contributed by atoms with Crippen molar-refractivity contribution in [2.24, 2.45) is 4.99 Å². The van der Waals surface area contributed by atoms with E-state index in [0.29, 0.717) is 16.7 Å². The van der Waals surface area contributed by atoms with Crippen LogP contribution in [0.2, 0.25) is 0 Å². The molecule has 1 N–H and O–H groups in total. The van der Waals surface area contributed by atoms with Gasteiger partial charge in [-0.25, -0.2) is 14.5 Å². The Morgan fingerprint density at radius 1 is 1.02 bits per heavy atom. The van der Waals surface area contributed by atoms with E-state index in [1.165, 1.54) is 47.0 Å². The average Bonchev–Trinajstić information content (AvgIpc) is 3.74. The van der Waals surface area contributed by atoms with Crippen molar-refractivity contribution in [2.45, 2.75) is 58.4 Å². The number of thioether (sulfide) groups is 1. The summed E-state index contributed by atoms with van der Waals surface area (Å²) in [7, 11) is 0. The number of urea groups is 1. The molecule has 0 radical (unpaired) electrons. The topological polar surface area (TPSA) is 102 Å². The molecule has 0 bridgehead atoms. The fourth-order valence-corrected chi connectivity index (χ4v) is 6.97. The van der Waals surface area contributed by atoms with Crippen LogP contribution in [0.25, 0.3) is 17.1 Å². The van der Waals surface area contributed by atoms with Gasteiger partial charge in [0, 0.05) is 11.6 Å². The Kier molecular flexibility index (Phi) is 8.60. The summed E-state index contributed by atoms with van der Waals surface area (Å²) in [5.74, 6) is 0.571. The van der Waals surface area contributed by atoms with E-state index >= 15 is 0 Å². The molecule has 1 saturated heterocycles. The number of alkyl halides is 3. The molecule has 1 aliphatic carbocycles. The molecule has 0 spiro atoms. The maximum Gasteiger partial charge on any atom is 0.573 e. The summed E-state index contributed by atoms with van der Waals surface area (Å²) >= 11 is 1.27. The van der Waals surface area contributed by atoms with Crippen molar-refractivity contribution in [1.82, 2.24) is 20.1 Å². The smallest absolute Gasteiger partial charge is 0.406 e. The second kappa shape index (κ2) is 12.6. The van der Waals surface area contributed by atoms with E-state index in [9.17, 15) is 22.8 Å². The van der Waals surface area contributed by atoms with Crippen LogP contribution in [0.1, 0.15) is 47.4 Å². The number of hydrogen-bond acceptors (Lipinski definition) is 6. The molecule has 4 aromatic rings. The van der Waals surface area contributed by atoms with Crippen LogP contribution < -0.4 is 15.0 Å². The zero-order valence-corrected chi connectivity index (χ0v) is 26.2. The third-order valence-corrected chi connectivity index (χ3v) is 8.97. The Balaban J connectivity index is 1.07. The van der Waals surface area contributed by atoms with Crippen LogP contribution in [0.15, 0.2) is 72.0 Å².